The van der Waals surface area contributed by atoms with E-state index in [0.29, 0.717) is 12.3 Å². The molecular weight excluding hydrogens is 264 g/mol. The second-order valence-electron chi connectivity index (χ2n) is 4.47. The van der Waals surface area contributed by atoms with Crippen LogP contribution in [-0.2, 0) is 4.74 Å². The van der Waals surface area contributed by atoms with Crippen LogP contribution in [0.2, 0.25) is 0 Å². The molecule has 0 atom stereocenters. The molecule has 0 amide bonds. The van der Waals surface area contributed by atoms with E-state index >= 15 is 0 Å². The summed E-state index contributed by atoms with van der Waals surface area (Å²) in [5.74, 6) is 0.714. The van der Waals surface area contributed by atoms with E-state index in [1.54, 1.807) is 0 Å². The van der Waals surface area contributed by atoms with Crippen LogP contribution in [0, 0.1) is 11.3 Å². The Hall–Kier alpha value is 0.330. The average molecular weight is 281 g/mol. The predicted molar refractivity (Wildman–Crippen MR) is 60.2 cm³/mol. The molecule has 0 N–H and O–H groups in total. The molecule has 0 aromatic heterocycles. The molecule has 0 saturated heterocycles. The summed E-state index contributed by atoms with van der Waals surface area (Å²) in [5.41, 5.74) is -0.567. The summed E-state index contributed by atoms with van der Waals surface area (Å²) in [6.07, 6.45) is -3.65. The SMILES string of the molecule is CC(C)CC(CCl)(CCl)COCC(F)(F)F. The Balaban J connectivity index is 4.22. The van der Waals surface area contributed by atoms with Crippen molar-refractivity contribution in [3.05, 3.63) is 0 Å². The van der Waals surface area contributed by atoms with Crippen LogP contribution in [0.1, 0.15) is 20.3 Å². The van der Waals surface area contributed by atoms with E-state index in [2.05, 4.69) is 4.74 Å². The highest BCUT2D eigenvalue weighted by Crippen LogP contribution is 2.31. The van der Waals surface area contributed by atoms with Crippen molar-refractivity contribution in [2.75, 3.05) is 25.0 Å². The van der Waals surface area contributed by atoms with Crippen molar-refractivity contribution >= 4 is 23.2 Å². The summed E-state index contributed by atoms with van der Waals surface area (Å²) >= 11 is 11.5. The van der Waals surface area contributed by atoms with Crippen molar-refractivity contribution < 1.29 is 17.9 Å². The highest BCUT2D eigenvalue weighted by molar-refractivity contribution is 6.21. The maximum Gasteiger partial charge on any atom is 0.411 e. The van der Waals surface area contributed by atoms with Gasteiger partial charge in [-0.05, 0) is 12.3 Å². The summed E-state index contributed by atoms with van der Waals surface area (Å²) in [6.45, 7) is 2.63. The molecule has 0 fully saturated rings. The number of hydrogen-bond donors (Lipinski definition) is 0. The molecule has 0 aromatic carbocycles. The molecule has 0 saturated carbocycles. The van der Waals surface area contributed by atoms with Crippen molar-refractivity contribution in [3.63, 3.8) is 0 Å². The molecule has 0 unspecified atom stereocenters. The first kappa shape index (κ1) is 16.3. The number of halogens is 5. The highest BCUT2D eigenvalue weighted by Gasteiger charge is 2.33. The van der Waals surface area contributed by atoms with E-state index < -0.39 is 18.2 Å². The number of rotatable bonds is 7. The first-order valence-electron chi connectivity index (χ1n) is 5.01. The number of ether oxygens (including phenoxy) is 1. The number of hydrogen-bond acceptors (Lipinski definition) is 1. The lowest BCUT2D eigenvalue weighted by molar-refractivity contribution is -0.179. The zero-order chi connectivity index (χ0) is 12.8. The van der Waals surface area contributed by atoms with Crippen molar-refractivity contribution in [1.29, 1.82) is 0 Å². The highest BCUT2D eigenvalue weighted by atomic mass is 35.5. The summed E-state index contributed by atoms with van der Waals surface area (Å²) < 4.78 is 40.4. The average Bonchev–Trinajstić information content (AvgIpc) is 2.13. The van der Waals surface area contributed by atoms with E-state index in [1.165, 1.54) is 0 Å². The monoisotopic (exact) mass is 280 g/mol. The molecule has 0 bridgehead atoms. The topological polar surface area (TPSA) is 9.23 Å². The van der Waals surface area contributed by atoms with Gasteiger partial charge < -0.3 is 4.74 Å². The van der Waals surface area contributed by atoms with Crippen LogP contribution < -0.4 is 0 Å². The lowest BCUT2D eigenvalue weighted by Gasteiger charge is -2.31. The maximum atomic E-state index is 11.9. The van der Waals surface area contributed by atoms with Gasteiger partial charge in [-0.15, -0.1) is 23.2 Å². The minimum Gasteiger partial charge on any atom is -0.371 e. The normalized spacial score (nSPS) is 13.5. The third kappa shape index (κ3) is 6.81. The molecular formula is C10H17Cl2F3O. The Morgan fingerprint density at radius 2 is 1.56 bits per heavy atom. The summed E-state index contributed by atoms with van der Waals surface area (Å²) in [6, 6.07) is 0. The third-order valence-corrected chi connectivity index (χ3v) is 3.22. The maximum absolute atomic E-state index is 11.9. The molecule has 0 aliphatic rings. The lowest BCUT2D eigenvalue weighted by Crippen LogP contribution is -2.34. The fourth-order valence-electron chi connectivity index (χ4n) is 1.53. The van der Waals surface area contributed by atoms with Gasteiger partial charge >= 0.3 is 6.18 Å². The summed E-state index contributed by atoms with van der Waals surface area (Å²) in [4.78, 5) is 0. The Morgan fingerprint density at radius 3 is 1.88 bits per heavy atom. The quantitative estimate of drug-likeness (QED) is 0.639. The van der Waals surface area contributed by atoms with Gasteiger partial charge in [0.2, 0.25) is 0 Å². The van der Waals surface area contributed by atoms with Gasteiger partial charge in [0.05, 0.1) is 6.61 Å². The minimum absolute atomic E-state index is 0.0578. The summed E-state index contributed by atoms with van der Waals surface area (Å²) in [5, 5.41) is 0. The number of alkyl halides is 5. The van der Waals surface area contributed by atoms with E-state index in [1.807, 2.05) is 13.8 Å². The van der Waals surface area contributed by atoms with Crippen molar-refractivity contribution in [2.45, 2.75) is 26.4 Å². The lowest BCUT2D eigenvalue weighted by atomic mass is 9.84. The fourth-order valence-corrected chi connectivity index (χ4v) is 2.19. The minimum atomic E-state index is -4.30. The van der Waals surface area contributed by atoms with Crippen LogP contribution in [-0.4, -0.2) is 31.2 Å². The van der Waals surface area contributed by atoms with Gasteiger partial charge in [0.25, 0.3) is 0 Å². The standard InChI is InChI=1S/C10H17Cl2F3O/c1-8(2)3-9(4-11,5-12)6-16-7-10(13,14)15/h8H,3-7H2,1-2H3. The van der Waals surface area contributed by atoms with Crippen molar-refractivity contribution in [2.24, 2.45) is 11.3 Å². The second-order valence-corrected chi connectivity index (χ2v) is 5.01. The van der Waals surface area contributed by atoms with Crippen LogP contribution in [0.3, 0.4) is 0 Å². The van der Waals surface area contributed by atoms with Gasteiger partial charge in [-0.3, -0.25) is 0 Å². The van der Waals surface area contributed by atoms with Crippen LogP contribution in [0.4, 0.5) is 13.2 Å². The molecule has 0 aromatic rings. The first-order valence-corrected chi connectivity index (χ1v) is 6.08. The Bertz CT molecular complexity index is 191. The molecule has 16 heavy (non-hydrogen) atoms. The van der Waals surface area contributed by atoms with Crippen LogP contribution >= 0.6 is 23.2 Å². The van der Waals surface area contributed by atoms with E-state index in [0.717, 1.165) is 0 Å². The van der Waals surface area contributed by atoms with E-state index in [-0.39, 0.29) is 18.4 Å². The van der Waals surface area contributed by atoms with Gasteiger partial charge in [0.15, 0.2) is 0 Å². The summed E-state index contributed by atoms with van der Waals surface area (Å²) in [7, 11) is 0. The molecule has 0 aliphatic heterocycles. The van der Waals surface area contributed by atoms with Crippen LogP contribution in [0.15, 0.2) is 0 Å². The molecule has 0 rings (SSSR count). The van der Waals surface area contributed by atoms with Gasteiger partial charge in [-0.25, -0.2) is 0 Å². The van der Waals surface area contributed by atoms with Gasteiger partial charge in [0.1, 0.15) is 6.61 Å². The fraction of sp³-hybridized carbons (Fsp3) is 1.00. The van der Waals surface area contributed by atoms with Gasteiger partial charge in [-0.2, -0.15) is 13.2 Å². The smallest absolute Gasteiger partial charge is 0.371 e. The first-order chi connectivity index (χ1) is 7.24. The second kappa shape index (κ2) is 6.92. The van der Waals surface area contributed by atoms with Crippen molar-refractivity contribution in [3.8, 4) is 0 Å². The van der Waals surface area contributed by atoms with E-state index in [4.69, 9.17) is 23.2 Å². The molecule has 98 valence electrons. The third-order valence-electron chi connectivity index (χ3n) is 2.08. The van der Waals surface area contributed by atoms with Crippen LogP contribution in [0.25, 0.3) is 0 Å². The molecule has 0 radical (unpaired) electrons. The Labute approximate surface area is 104 Å². The zero-order valence-corrected chi connectivity index (χ0v) is 10.9. The van der Waals surface area contributed by atoms with Gasteiger partial charge in [0, 0.05) is 17.2 Å². The van der Waals surface area contributed by atoms with Gasteiger partial charge in [-0.1, -0.05) is 13.8 Å². The van der Waals surface area contributed by atoms with E-state index in [9.17, 15) is 13.2 Å². The van der Waals surface area contributed by atoms with Crippen LogP contribution in [0.5, 0.6) is 0 Å². The largest absolute Gasteiger partial charge is 0.411 e. The molecule has 0 heterocycles. The predicted octanol–water partition coefficient (Wildman–Crippen LogP) is 4.08. The van der Waals surface area contributed by atoms with Crippen molar-refractivity contribution in [1.82, 2.24) is 0 Å². The molecule has 6 heteroatoms. The zero-order valence-electron chi connectivity index (χ0n) is 9.41. The molecule has 1 nitrogen and oxygen atoms in total. The Morgan fingerprint density at radius 1 is 1.06 bits per heavy atom. The Kier molecular flexibility index (Phi) is 7.06. The molecule has 0 spiro atoms. The molecule has 0 aliphatic carbocycles.